The van der Waals surface area contributed by atoms with Crippen molar-refractivity contribution in [1.29, 1.82) is 0 Å². The normalized spacial score (nSPS) is 14.4. The molecule has 0 radical (unpaired) electrons. The number of anilines is 1. The van der Waals surface area contributed by atoms with E-state index in [2.05, 4.69) is 48.3 Å². The van der Waals surface area contributed by atoms with E-state index in [1.54, 1.807) is 7.11 Å². The first-order chi connectivity index (χ1) is 13.1. The molecule has 1 heterocycles. The summed E-state index contributed by atoms with van der Waals surface area (Å²) in [6.07, 6.45) is 0. The highest BCUT2D eigenvalue weighted by Gasteiger charge is 2.21. The van der Waals surface area contributed by atoms with Crippen molar-refractivity contribution < 1.29 is 9.53 Å². The van der Waals surface area contributed by atoms with Gasteiger partial charge in [0.05, 0.1) is 7.11 Å². The molecule has 1 fully saturated rings. The number of hydrogen-bond donors (Lipinski definition) is 1. The van der Waals surface area contributed by atoms with E-state index >= 15 is 0 Å². The number of ether oxygens (including phenoxy) is 1. The number of hydrogen-bond acceptors (Lipinski definition) is 3. The standard InChI is InChI=1S/C22H29N3O2/c1-17(2)18-8-10-20(11-9-18)24-12-14-25(15-13-24)22(26)23-16-19-6-4-5-7-21(19)27-3/h4-11,17H,12-16H2,1-3H3,(H,23,26). The van der Waals surface area contributed by atoms with E-state index in [-0.39, 0.29) is 6.03 Å². The lowest BCUT2D eigenvalue weighted by molar-refractivity contribution is 0.194. The minimum atomic E-state index is -0.0179. The second kappa shape index (κ2) is 8.80. The maximum absolute atomic E-state index is 12.5. The molecule has 1 aliphatic heterocycles. The number of piperazine rings is 1. The predicted octanol–water partition coefficient (Wildman–Crippen LogP) is 3.85. The van der Waals surface area contributed by atoms with E-state index in [0.29, 0.717) is 12.5 Å². The van der Waals surface area contributed by atoms with Crippen LogP contribution >= 0.6 is 0 Å². The summed E-state index contributed by atoms with van der Waals surface area (Å²) < 4.78 is 5.34. The van der Waals surface area contributed by atoms with E-state index in [4.69, 9.17) is 4.74 Å². The molecule has 0 aliphatic carbocycles. The topological polar surface area (TPSA) is 44.8 Å². The van der Waals surface area contributed by atoms with Crippen LogP contribution in [0.15, 0.2) is 48.5 Å². The number of benzene rings is 2. The molecular weight excluding hydrogens is 338 g/mol. The molecule has 0 atom stereocenters. The monoisotopic (exact) mass is 367 g/mol. The van der Waals surface area contributed by atoms with Crippen molar-refractivity contribution in [1.82, 2.24) is 10.2 Å². The lowest BCUT2D eigenvalue weighted by Crippen LogP contribution is -2.51. The summed E-state index contributed by atoms with van der Waals surface area (Å²) in [7, 11) is 1.65. The maximum atomic E-state index is 12.5. The molecule has 3 rings (SSSR count). The number of amides is 2. The van der Waals surface area contributed by atoms with Crippen molar-refractivity contribution in [2.75, 3.05) is 38.2 Å². The highest BCUT2D eigenvalue weighted by Crippen LogP contribution is 2.21. The highest BCUT2D eigenvalue weighted by molar-refractivity contribution is 5.74. The van der Waals surface area contributed by atoms with Crippen LogP contribution in [0.3, 0.4) is 0 Å². The van der Waals surface area contributed by atoms with Crippen LogP contribution < -0.4 is 15.0 Å². The van der Waals surface area contributed by atoms with Gasteiger partial charge in [-0.15, -0.1) is 0 Å². The Labute approximate surface area is 161 Å². The molecule has 0 aromatic heterocycles. The minimum Gasteiger partial charge on any atom is -0.496 e. The van der Waals surface area contributed by atoms with Gasteiger partial charge in [0.25, 0.3) is 0 Å². The SMILES string of the molecule is COc1ccccc1CNC(=O)N1CCN(c2ccc(C(C)C)cc2)CC1. The first-order valence-corrected chi connectivity index (χ1v) is 9.58. The summed E-state index contributed by atoms with van der Waals surface area (Å²) in [4.78, 5) is 16.7. The summed E-state index contributed by atoms with van der Waals surface area (Å²) >= 11 is 0. The van der Waals surface area contributed by atoms with Gasteiger partial charge in [-0.25, -0.2) is 4.79 Å². The van der Waals surface area contributed by atoms with Gasteiger partial charge >= 0.3 is 6.03 Å². The van der Waals surface area contributed by atoms with Gasteiger partial charge in [-0.2, -0.15) is 0 Å². The number of carbonyl (C=O) groups is 1. The largest absolute Gasteiger partial charge is 0.496 e. The molecule has 1 aliphatic rings. The molecule has 2 amide bonds. The molecule has 144 valence electrons. The summed E-state index contributed by atoms with van der Waals surface area (Å²) in [5.74, 6) is 1.34. The van der Waals surface area contributed by atoms with Crippen molar-refractivity contribution in [2.45, 2.75) is 26.3 Å². The van der Waals surface area contributed by atoms with Crippen LogP contribution in [-0.2, 0) is 6.54 Å². The van der Waals surface area contributed by atoms with Gasteiger partial charge in [0.2, 0.25) is 0 Å². The van der Waals surface area contributed by atoms with Gasteiger partial charge in [0.15, 0.2) is 0 Å². The van der Waals surface area contributed by atoms with Crippen LogP contribution in [-0.4, -0.2) is 44.2 Å². The van der Waals surface area contributed by atoms with Crippen molar-refractivity contribution in [3.05, 3.63) is 59.7 Å². The number of carbonyl (C=O) groups excluding carboxylic acids is 1. The maximum Gasteiger partial charge on any atom is 0.317 e. The third-order valence-corrected chi connectivity index (χ3v) is 5.11. The summed E-state index contributed by atoms with van der Waals surface area (Å²) in [5, 5.41) is 3.01. The van der Waals surface area contributed by atoms with Gasteiger partial charge in [0.1, 0.15) is 5.75 Å². The first-order valence-electron chi connectivity index (χ1n) is 9.58. The first kappa shape index (κ1) is 19.1. The Balaban J connectivity index is 1.50. The van der Waals surface area contributed by atoms with Gasteiger partial charge in [-0.3, -0.25) is 0 Å². The Morgan fingerprint density at radius 3 is 2.33 bits per heavy atom. The molecule has 2 aromatic carbocycles. The second-order valence-corrected chi connectivity index (χ2v) is 7.19. The Morgan fingerprint density at radius 2 is 1.70 bits per heavy atom. The fourth-order valence-corrected chi connectivity index (χ4v) is 3.37. The molecule has 0 saturated carbocycles. The fraction of sp³-hybridized carbons (Fsp3) is 0.409. The molecule has 0 bridgehead atoms. The number of methoxy groups -OCH3 is 1. The van der Waals surface area contributed by atoms with E-state index in [1.165, 1.54) is 11.3 Å². The average molecular weight is 367 g/mol. The molecule has 0 unspecified atom stereocenters. The number of urea groups is 1. The molecule has 5 heteroatoms. The molecule has 27 heavy (non-hydrogen) atoms. The third-order valence-electron chi connectivity index (χ3n) is 5.11. The van der Waals surface area contributed by atoms with E-state index < -0.39 is 0 Å². The van der Waals surface area contributed by atoms with E-state index in [1.807, 2.05) is 29.2 Å². The fourth-order valence-electron chi connectivity index (χ4n) is 3.37. The van der Waals surface area contributed by atoms with Crippen LogP contribution in [0.25, 0.3) is 0 Å². The number of nitrogens with one attached hydrogen (secondary N) is 1. The van der Waals surface area contributed by atoms with Crippen molar-refractivity contribution >= 4 is 11.7 Å². The summed E-state index contributed by atoms with van der Waals surface area (Å²) in [6, 6.07) is 16.5. The van der Waals surface area contributed by atoms with Crippen LogP contribution in [0.5, 0.6) is 5.75 Å². The third kappa shape index (κ3) is 4.73. The number of rotatable bonds is 5. The molecule has 1 saturated heterocycles. The predicted molar refractivity (Wildman–Crippen MR) is 110 cm³/mol. The molecule has 5 nitrogen and oxygen atoms in total. The average Bonchev–Trinajstić information content (AvgIpc) is 2.72. The Hall–Kier alpha value is -2.69. The van der Waals surface area contributed by atoms with E-state index in [0.717, 1.165) is 37.5 Å². The lowest BCUT2D eigenvalue weighted by atomic mass is 10.0. The minimum absolute atomic E-state index is 0.0179. The Kier molecular flexibility index (Phi) is 6.22. The van der Waals surface area contributed by atoms with Crippen molar-refractivity contribution in [3.63, 3.8) is 0 Å². The van der Waals surface area contributed by atoms with Crippen molar-refractivity contribution in [2.24, 2.45) is 0 Å². The second-order valence-electron chi connectivity index (χ2n) is 7.19. The molecule has 1 N–H and O–H groups in total. The van der Waals surface area contributed by atoms with Crippen LogP contribution in [0.1, 0.15) is 30.9 Å². The van der Waals surface area contributed by atoms with Gasteiger partial charge in [-0.05, 0) is 29.7 Å². The zero-order valence-electron chi connectivity index (χ0n) is 16.4. The molecule has 2 aromatic rings. The number of nitrogens with zero attached hydrogens (tertiary/aromatic N) is 2. The Bertz CT molecular complexity index is 750. The number of para-hydroxylation sites is 1. The molecular formula is C22H29N3O2. The summed E-state index contributed by atoms with van der Waals surface area (Å²) in [6.45, 7) is 8.04. The van der Waals surface area contributed by atoms with Crippen molar-refractivity contribution in [3.8, 4) is 5.75 Å². The quantitative estimate of drug-likeness (QED) is 0.873. The highest BCUT2D eigenvalue weighted by atomic mass is 16.5. The lowest BCUT2D eigenvalue weighted by Gasteiger charge is -2.36. The van der Waals surface area contributed by atoms with Gasteiger partial charge in [-0.1, -0.05) is 44.2 Å². The summed E-state index contributed by atoms with van der Waals surface area (Å²) in [5.41, 5.74) is 3.57. The van der Waals surface area contributed by atoms with Crippen LogP contribution in [0.2, 0.25) is 0 Å². The van der Waals surface area contributed by atoms with Gasteiger partial charge < -0.3 is 19.9 Å². The smallest absolute Gasteiger partial charge is 0.317 e. The Morgan fingerprint density at radius 1 is 1.04 bits per heavy atom. The molecule has 0 spiro atoms. The van der Waals surface area contributed by atoms with Crippen LogP contribution in [0.4, 0.5) is 10.5 Å². The zero-order chi connectivity index (χ0) is 19.2. The van der Waals surface area contributed by atoms with Crippen LogP contribution in [0, 0.1) is 0 Å². The zero-order valence-corrected chi connectivity index (χ0v) is 16.4. The van der Waals surface area contributed by atoms with E-state index in [9.17, 15) is 4.79 Å². The van der Waals surface area contributed by atoms with Gasteiger partial charge in [0, 0.05) is 44.0 Å².